The number of hydrogen-bond acceptors (Lipinski definition) is 6. The van der Waals surface area contributed by atoms with E-state index in [1.807, 2.05) is 54.7 Å². The number of rotatable bonds is 9. The number of anilines is 2. The second-order valence-electron chi connectivity index (χ2n) is 7.63. The number of amides is 1. The Labute approximate surface area is 192 Å². The molecule has 8 heteroatoms. The zero-order chi connectivity index (χ0) is 23.0. The summed E-state index contributed by atoms with van der Waals surface area (Å²) >= 11 is 0. The predicted molar refractivity (Wildman–Crippen MR) is 128 cm³/mol. The van der Waals surface area contributed by atoms with E-state index in [2.05, 4.69) is 20.6 Å². The molecular weight excluding hydrogens is 416 g/mol. The Balaban J connectivity index is 1.31. The summed E-state index contributed by atoms with van der Waals surface area (Å²) in [5.74, 6) is 0.731. The first kappa shape index (κ1) is 22.0. The van der Waals surface area contributed by atoms with Crippen molar-refractivity contribution in [3.8, 4) is 16.9 Å². The molecule has 4 aromatic rings. The Morgan fingerprint density at radius 2 is 1.97 bits per heavy atom. The number of ether oxygens (including phenoxy) is 1. The van der Waals surface area contributed by atoms with Crippen molar-refractivity contribution >= 4 is 17.3 Å². The van der Waals surface area contributed by atoms with Gasteiger partial charge in [0.2, 0.25) is 5.91 Å². The first-order valence-electron chi connectivity index (χ1n) is 10.7. The molecule has 1 amide bonds. The Morgan fingerprint density at radius 1 is 1.09 bits per heavy atom. The molecule has 0 aliphatic carbocycles. The maximum atomic E-state index is 12.5. The zero-order valence-electron chi connectivity index (χ0n) is 18.4. The number of pyridine rings is 1. The Morgan fingerprint density at radius 3 is 2.79 bits per heavy atom. The molecule has 0 aliphatic heterocycles. The lowest BCUT2D eigenvalue weighted by Crippen LogP contribution is -2.13. The number of benzene rings is 2. The molecule has 2 aromatic heterocycles. The van der Waals surface area contributed by atoms with E-state index in [1.54, 1.807) is 30.3 Å². The fourth-order valence-corrected chi connectivity index (χ4v) is 3.54. The molecule has 0 fully saturated rings. The van der Waals surface area contributed by atoms with Crippen LogP contribution in [0.3, 0.4) is 0 Å². The molecule has 0 radical (unpaired) electrons. The van der Waals surface area contributed by atoms with Gasteiger partial charge in [0.15, 0.2) is 0 Å². The minimum Gasteiger partial charge on any atom is -0.496 e. The minimum atomic E-state index is -0.131. The lowest BCUT2D eigenvalue weighted by Gasteiger charge is -2.10. The number of carbonyl (C=O) groups excluding carboxylic acids is 1. The van der Waals surface area contributed by atoms with Gasteiger partial charge in [-0.2, -0.15) is 0 Å². The van der Waals surface area contributed by atoms with Crippen LogP contribution in [-0.2, 0) is 24.2 Å². The number of hydrogen-bond donors (Lipinski definition) is 2. The third kappa shape index (κ3) is 5.74. The summed E-state index contributed by atoms with van der Waals surface area (Å²) in [6.07, 6.45) is 6.91. The fraction of sp³-hybridized carbons (Fsp3) is 0.200. The number of nitrogens with one attached hydrogen (secondary N) is 1. The molecule has 8 nitrogen and oxygen atoms in total. The molecular formula is C25H26N6O2. The molecule has 3 N–H and O–H groups in total. The van der Waals surface area contributed by atoms with Crippen LogP contribution >= 0.6 is 0 Å². The zero-order valence-corrected chi connectivity index (χ0v) is 18.4. The number of nitrogen functional groups attached to an aromatic ring is 1. The SMILES string of the molecule is COc1ccccc1CCn1cc(CCC(=O)Nc2cc(-c3cccnc3)ccc2N)nn1. The van der Waals surface area contributed by atoms with Crippen LogP contribution in [0.1, 0.15) is 17.7 Å². The van der Waals surface area contributed by atoms with E-state index in [0.717, 1.165) is 34.6 Å². The van der Waals surface area contributed by atoms with Gasteiger partial charge in [-0.1, -0.05) is 35.5 Å². The Hall–Kier alpha value is -4.20. The third-order valence-electron chi connectivity index (χ3n) is 5.32. The van der Waals surface area contributed by atoms with Crippen LogP contribution in [0.25, 0.3) is 11.1 Å². The molecule has 0 bridgehead atoms. The molecule has 0 saturated heterocycles. The monoisotopic (exact) mass is 442 g/mol. The van der Waals surface area contributed by atoms with Gasteiger partial charge in [0.1, 0.15) is 5.75 Å². The number of aryl methyl sites for hydroxylation is 3. The smallest absolute Gasteiger partial charge is 0.224 e. The van der Waals surface area contributed by atoms with Crippen molar-refractivity contribution in [2.75, 3.05) is 18.2 Å². The van der Waals surface area contributed by atoms with Crippen molar-refractivity contribution in [2.45, 2.75) is 25.8 Å². The number of nitrogens with zero attached hydrogens (tertiary/aromatic N) is 4. The highest BCUT2D eigenvalue weighted by Crippen LogP contribution is 2.27. The standard InChI is InChI=1S/C25H26N6O2/c1-33-24-7-3-2-5-18(24)12-14-31-17-21(29-30-31)9-11-25(32)28-23-15-19(8-10-22(23)26)20-6-4-13-27-16-20/h2-8,10,13,15-17H,9,11-12,14,26H2,1H3,(H,28,32). The maximum Gasteiger partial charge on any atom is 0.224 e. The van der Waals surface area contributed by atoms with Gasteiger partial charge in [0.25, 0.3) is 0 Å². The molecule has 0 aliphatic rings. The largest absolute Gasteiger partial charge is 0.496 e. The topological polar surface area (TPSA) is 108 Å². The van der Waals surface area contributed by atoms with Gasteiger partial charge >= 0.3 is 0 Å². The summed E-state index contributed by atoms with van der Waals surface area (Å²) in [7, 11) is 1.67. The van der Waals surface area contributed by atoms with E-state index in [9.17, 15) is 4.79 Å². The molecule has 0 unspecified atom stereocenters. The van der Waals surface area contributed by atoms with Crippen molar-refractivity contribution < 1.29 is 9.53 Å². The fourth-order valence-electron chi connectivity index (χ4n) is 3.54. The van der Waals surface area contributed by atoms with Gasteiger partial charge in [0.05, 0.1) is 24.2 Å². The van der Waals surface area contributed by atoms with Crippen molar-refractivity contribution in [3.05, 3.63) is 84.4 Å². The summed E-state index contributed by atoms with van der Waals surface area (Å²) in [6, 6.07) is 17.3. The Kier molecular flexibility index (Phi) is 6.94. The summed E-state index contributed by atoms with van der Waals surface area (Å²) in [6.45, 7) is 0.678. The minimum absolute atomic E-state index is 0.131. The molecule has 0 atom stereocenters. The van der Waals surface area contributed by atoms with Gasteiger partial charge in [-0.25, -0.2) is 0 Å². The number of nitrogens with two attached hydrogens (primary N) is 1. The van der Waals surface area contributed by atoms with Gasteiger partial charge in [-0.15, -0.1) is 5.10 Å². The van der Waals surface area contributed by atoms with E-state index < -0.39 is 0 Å². The van der Waals surface area contributed by atoms with Crippen LogP contribution in [0.4, 0.5) is 11.4 Å². The molecule has 4 rings (SSSR count). The van der Waals surface area contributed by atoms with E-state index in [0.29, 0.717) is 24.3 Å². The van der Waals surface area contributed by atoms with Crippen molar-refractivity contribution in [2.24, 2.45) is 0 Å². The average molecular weight is 443 g/mol. The van der Waals surface area contributed by atoms with Gasteiger partial charge in [-0.3, -0.25) is 14.5 Å². The van der Waals surface area contributed by atoms with Crippen molar-refractivity contribution in [1.29, 1.82) is 0 Å². The summed E-state index contributed by atoms with van der Waals surface area (Å²) < 4.78 is 7.18. The van der Waals surface area contributed by atoms with Crippen molar-refractivity contribution in [3.63, 3.8) is 0 Å². The van der Waals surface area contributed by atoms with E-state index in [-0.39, 0.29) is 12.3 Å². The second kappa shape index (κ2) is 10.4. The summed E-state index contributed by atoms with van der Waals surface area (Å²) in [5.41, 5.74) is 10.9. The van der Waals surface area contributed by atoms with Crippen LogP contribution in [0.15, 0.2) is 73.2 Å². The number of aromatic nitrogens is 4. The number of para-hydroxylation sites is 1. The van der Waals surface area contributed by atoms with E-state index in [1.165, 1.54) is 0 Å². The van der Waals surface area contributed by atoms with Crippen molar-refractivity contribution in [1.82, 2.24) is 20.0 Å². The molecule has 168 valence electrons. The number of methoxy groups -OCH3 is 1. The third-order valence-corrected chi connectivity index (χ3v) is 5.32. The average Bonchev–Trinajstić information content (AvgIpc) is 3.31. The second-order valence-corrected chi connectivity index (χ2v) is 7.63. The highest BCUT2D eigenvalue weighted by atomic mass is 16.5. The molecule has 2 heterocycles. The first-order valence-corrected chi connectivity index (χ1v) is 10.7. The van der Waals surface area contributed by atoms with Crippen LogP contribution in [0.5, 0.6) is 5.75 Å². The van der Waals surface area contributed by atoms with Gasteiger partial charge < -0.3 is 15.8 Å². The molecule has 33 heavy (non-hydrogen) atoms. The van der Waals surface area contributed by atoms with E-state index >= 15 is 0 Å². The molecule has 2 aromatic carbocycles. The lowest BCUT2D eigenvalue weighted by atomic mass is 10.1. The van der Waals surface area contributed by atoms with E-state index in [4.69, 9.17) is 10.5 Å². The highest BCUT2D eigenvalue weighted by Gasteiger charge is 2.10. The number of carbonyl (C=O) groups is 1. The highest BCUT2D eigenvalue weighted by molar-refractivity contribution is 5.95. The normalized spacial score (nSPS) is 10.7. The van der Waals surface area contributed by atoms with Crippen LogP contribution in [0.2, 0.25) is 0 Å². The first-order chi connectivity index (χ1) is 16.1. The van der Waals surface area contributed by atoms with Gasteiger partial charge in [0, 0.05) is 43.5 Å². The quantitative estimate of drug-likeness (QED) is 0.382. The van der Waals surface area contributed by atoms with Crippen LogP contribution in [0, 0.1) is 0 Å². The predicted octanol–water partition coefficient (Wildman–Crippen LogP) is 3.74. The summed E-state index contributed by atoms with van der Waals surface area (Å²) in [4.78, 5) is 16.7. The van der Waals surface area contributed by atoms with Crippen LogP contribution in [-0.4, -0.2) is 33.0 Å². The van der Waals surface area contributed by atoms with Gasteiger partial charge in [-0.05, 0) is 41.8 Å². The maximum absolute atomic E-state index is 12.5. The lowest BCUT2D eigenvalue weighted by molar-refractivity contribution is -0.116. The van der Waals surface area contributed by atoms with Crippen LogP contribution < -0.4 is 15.8 Å². The molecule has 0 spiro atoms. The molecule has 0 saturated carbocycles. The Bertz CT molecular complexity index is 1220. The summed E-state index contributed by atoms with van der Waals surface area (Å²) in [5, 5.41) is 11.3.